The summed E-state index contributed by atoms with van der Waals surface area (Å²) in [5.74, 6) is -0.0137. The second-order valence-corrected chi connectivity index (χ2v) is 5.78. The first-order valence-corrected chi connectivity index (χ1v) is 7.15. The van der Waals surface area contributed by atoms with E-state index in [-0.39, 0.29) is 17.7 Å². The molecule has 2 unspecified atom stereocenters. The van der Waals surface area contributed by atoms with Crippen molar-refractivity contribution in [3.8, 4) is 5.75 Å². The largest absolute Gasteiger partial charge is 0.507 e. The molecule has 0 radical (unpaired) electrons. The Hall–Kier alpha value is -1.03. The topological polar surface area (TPSA) is 40.5 Å². The number of hydrogen-bond acceptors (Lipinski definition) is 2. The Morgan fingerprint density at radius 2 is 2.22 bits per heavy atom. The van der Waals surface area contributed by atoms with Crippen molar-refractivity contribution in [3.05, 3.63) is 28.2 Å². The molecule has 4 heteroatoms. The Kier molecular flexibility index (Phi) is 3.95. The normalized spacial score (nSPS) is 23.4. The monoisotopic (exact) mass is 311 g/mol. The highest BCUT2D eigenvalue weighted by Gasteiger charge is 2.34. The molecule has 1 aliphatic heterocycles. The fourth-order valence-corrected chi connectivity index (χ4v) is 3.01. The van der Waals surface area contributed by atoms with Crippen LogP contribution in [0, 0.1) is 0 Å². The fourth-order valence-electron chi connectivity index (χ4n) is 2.66. The summed E-state index contributed by atoms with van der Waals surface area (Å²) in [6, 6.07) is 5.59. The van der Waals surface area contributed by atoms with E-state index in [2.05, 4.69) is 29.8 Å². The molecule has 1 aromatic rings. The van der Waals surface area contributed by atoms with Gasteiger partial charge in [-0.15, -0.1) is 0 Å². The van der Waals surface area contributed by atoms with Crippen molar-refractivity contribution in [2.75, 3.05) is 0 Å². The zero-order valence-corrected chi connectivity index (χ0v) is 12.3. The van der Waals surface area contributed by atoms with E-state index in [4.69, 9.17) is 0 Å². The maximum Gasteiger partial charge on any atom is 0.258 e. The van der Waals surface area contributed by atoms with Crippen LogP contribution < -0.4 is 0 Å². The zero-order valence-electron chi connectivity index (χ0n) is 10.7. The predicted octanol–water partition coefficient (Wildman–Crippen LogP) is 3.56. The Morgan fingerprint density at radius 3 is 2.83 bits per heavy atom. The number of phenolic OH excluding ortho intramolecular Hbond substituents is 1. The van der Waals surface area contributed by atoms with E-state index in [1.54, 1.807) is 18.2 Å². The first-order valence-electron chi connectivity index (χ1n) is 6.35. The second-order valence-electron chi connectivity index (χ2n) is 4.86. The molecular weight excluding hydrogens is 294 g/mol. The molecule has 98 valence electrons. The van der Waals surface area contributed by atoms with Crippen LogP contribution in [0.5, 0.6) is 5.75 Å². The molecule has 0 bridgehead atoms. The van der Waals surface area contributed by atoms with E-state index in [9.17, 15) is 9.90 Å². The van der Waals surface area contributed by atoms with Crippen LogP contribution in [0.25, 0.3) is 0 Å². The Bertz CT molecular complexity index is 461. The van der Waals surface area contributed by atoms with Gasteiger partial charge in [0.15, 0.2) is 0 Å². The lowest BCUT2D eigenvalue weighted by atomic mass is 10.1. The van der Waals surface area contributed by atoms with E-state index in [0.29, 0.717) is 11.6 Å². The summed E-state index contributed by atoms with van der Waals surface area (Å²) in [7, 11) is 0. The first kappa shape index (κ1) is 13.4. The summed E-state index contributed by atoms with van der Waals surface area (Å²) >= 11 is 3.28. The number of halogens is 1. The minimum atomic E-state index is -0.0585. The van der Waals surface area contributed by atoms with Crippen molar-refractivity contribution in [1.82, 2.24) is 4.90 Å². The van der Waals surface area contributed by atoms with E-state index in [1.807, 2.05) is 4.90 Å². The first-order chi connectivity index (χ1) is 8.54. The van der Waals surface area contributed by atoms with Gasteiger partial charge in [0.2, 0.25) is 0 Å². The third-order valence-corrected chi connectivity index (χ3v) is 4.18. The molecule has 18 heavy (non-hydrogen) atoms. The summed E-state index contributed by atoms with van der Waals surface area (Å²) in [6.45, 7) is 4.17. The molecule has 1 N–H and O–H groups in total. The van der Waals surface area contributed by atoms with Gasteiger partial charge in [-0.1, -0.05) is 22.9 Å². The summed E-state index contributed by atoms with van der Waals surface area (Å²) in [5.41, 5.74) is 0.394. The fraction of sp³-hybridized carbons (Fsp3) is 0.500. The van der Waals surface area contributed by atoms with Gasteiger partial charge in [-0.05, 0) is 44.4 Å². The Morgan fingerprint density at radius 1 is 1.50 bits per heavy atom. The average molecular weight is 312 g/mol. The number of nitrogens with zero attached hydrogens (tertiary/aromatic N) is 1. The third-order valence-electron chi connectivity index (χ3n) is 3.68. The van der Waals surface area contributed by atoms with Crippen molar-refractivity contribution < 1.29 is 9.90 Å². The quantitative estimate of drug-likeness (QED) is 0.907. The summed E-state index contributed by atoms with van der Waals surface area (Å²) < 4.78 is 0.776. The number of likely N-dealkylation sites (tertiary alicyclic amines) is 1. The van der Waals surface area contributed by atoms with Gasteiger partial charge in [0, 0.05) is 16.6 Å². The van der Waals surface area contributed by atoms with Crippen LogP contribution in [-0.2, 0) is 0 Å². The lowest BCUT2D eigenvalue weighted by molar-refractivity contribution is 0.0673. The number of rotatable bonds is 2. The molecule has 1 heterocycles. The highest BCUT2D eigenvalue weighted by Crippen LogP contribution is 2.31. The lowest BCUT2D eigenvalue weighted by Gasteiger charge is -2.28. The molecule has 1 aliphatic rings. The summed E-state index contributed by atoms with van der Waals surface area (Å²) in [4.78, 5) is 14.4. The van der Waals surface area contributed by atoms with Gasteiger partial charge in [-0.25, -0.2) is 0 Å². The van der Waals surface area contributed by atoms with Crippen LogP contribution in [-0.4, -0.2) is 28.0 Å². The number of amides is 1. The number of aromatic hydroxyl groups is 1. The lowest BCUT2D eigenvalue weighted by Crippen LogP contribution is -2.39. The van der Waals surface area contributed by atoms with E-state index in [1.165, 1.54) is 0 Å². The standard InChI is InChI=1S/C14H18BrNO2/c1-3-11-6-4-9(2)16(11)14(18)12-7-5-10(15)8-13(12)17/h5,7-9,11,17H,3-4,6H2,1-2H3. The van der Waals surface area contributed by atoms with Crippen LogP contribution in [0.3, 0.4) is 0 Å². The minimum absolute atomic E-state index is 0.0447. The molecule has 0 aromatic heterocycles. The van der Waals surface area contributed by atoms with E-state index in [0.717, 1.165) is 23.7 Å². The predicted molar refractivity (Wildman–Crippen MR) is 74.8 cm³/mol. The molecule has 2 atom stereocenters. The molecule has 0 saturated carbocycles. The van der Waals surface area contributed by atoms with Crippen molar-refractivity contribution in [2.45, 2.75) is 45.2 Å². The molecule has 1 amide bonds. The van der Waals surface area contributed by atoms with Crippen LogP contribution in [0.1, 0.15) is 43.5 Å². The summed E-state index contributed by atoms with van der Waals surface area (Å²) in [6.07, 6.45) is 3.07. The average Bonchev–Trinajstić information content (AvgIpc) is 2.69. The highest BCUT2D eigenvalue weighted by molar-refractivity contribution is 9.10. The molecule has 1 fully saturated rings. The molecule has 1 saturated heterocycles. The summed E-state index contributed by atoms with van der Waals surface area (Å²) in [5, 5.41) is 9.89. The number of carbonyl (C=O) groups excluding carboxylic acids is 1. The van der Waals surface area contributed by atoms with Crippen molar-refractivity contribution in [1.29, 1.82) is 0 Å². The second kappa shape index (κ2) is 5.31. The van der Waals surface area contributed by atoms with Gasteiger partial charge >= 0.3 is 0 Å². The van der Waals surface area contributed by atoms with Gasteiger partial charge < -0.3 is 10.0 Å². The number of phenols is 1. The zero-order chi connectivity index (χ0) is 13.3. The molecule has 0 aliphatic carbocycles. The van der Waals surface area contributed by atoms with Gasteiger partial charge in [0.1, 0.15) is 5.75 Å². The van der Waals surface area contributed by atoms with Gasteiger partial charge in [-0.2, -0.15) is 0 Å². The van der Waals surface area contributed by atoms with Crippen LogP contribution in [0.4, 0.5) is 0 Å². The minimum Gasteiger partial charge on any atom is -0.507 e. The smallest absolute Gasteiger partial charge is 0.258 e. The van der Waals surface area contributed by atoms with Crippen molar-refractivity contribution >= 4 is 21.8 Å². The number of hydrogen-bond donors (Lipinski definition) is 1. The number of carbonyl (C=O) groups is 1. The maximum atomic E-state index is 12.5. The maximum absolute atomic E-state index is 12.5. The van der Waals surface area contributed by atoms with Gasteiger partial charge in [0.05, 0.1) is 5.56 Å². The third kappa shape index (κ3) is 2.39. The van der Waals surface area contributed by atoms with Gasteiger partial charge in [0.25, 0.3) is 5.91 Å². The highest BCUT2D eigenvalue weighted by atomic mass is 79.9. The van der Waals surface area contributed by atoms with Crippen LogP contribution in [0.2, 0.25) is 0 Å². The van der Waals surface area contributed by atoms with Crippen molar-refractivity contribution in [2.24, 2.45) is 0 Å². The van der Waals surface area contributed by atoms with Crippen molar-refractivity contribution in [3.63, 3.8) is 0 Å². The van der Waals surface area contributed by atoms with E-state index >= 15 is 0 Å². The Balaban J connectivity index is 2.30. The molecule has 2 rings (SSSR count). The molecular formula is C14H18BrNO2. The van der Waals surface area contributed by atoms with Crippen LogP contribution >= 0.6 is 15.9 Å². The molecule has 0 spiro atoms. The SMILES string of the molecule is CCC1CCC(C)N1C(=O)c1ccc(Br)cc1O. The molecule has 1 aromatic carbocycles. The van der Waals surface area contributed by atoms with E-state index < -0.39 is 0 Å². The Labute approximate surface area is 116 Å². The van der Waals surface area contributed by atoms with Gasteiger partial charge in [-0.3, -0.25) is 4.79 Å². The van der Waals surface area contributed by atoms with Crippen LogP contribution in [0.15, 0.2) is 22.7 Å². The molecule has 3 nitrogen and oxygen atoms in total. The number of benzene rings is 1.